The van der Waals surface area contributed by atoms with Crippen molar-refractivity contribution in [3.8, 4) is 0 Å². The fraction of sp³-hybridized carbons (Fsp3) is 1.00. The molecule has 0 heterocycles. The van der Waals surface area contributed by atoms with Crippen molar-refractivity contribution in [3.05, 3.63) is 0 Å². The summed E-state index contributed by atoms with van der Waals surface area (Å²) in [6.45, 7) is 7.50. The van der Waals surface area contributed by atoms with E-state index < -0.39 is 0 Å². The number of rotatable bonds is 10. The van der Waals surface area contributed by atoms with E-state index in [0.29, 0.717) is 0 Å². The predicted octanol–water partition coefficient (Wildman–Crippen LogP) is 2.64. The normalized spacial score (nSPS) is 20.6. The Balaban J connectivity index is 1.39. The standard InChI is InChI=1S/C14H28N2/c1-2-16(12-13-6-7-13)11-5-3-4-10-15-14-8-9-14/h13-15H,2-12H2,1H3. The van der Waals surface area contributed by atoms with Gasteiger partial charge >= 0.3 is 0 Å². The van der Waals surface area contributed by atoms with Gasteiger partial charge < -0.3 is 10.2 Å². The highest BCUT2D eigenvalue weighted by Gasteiger charge is 2.23. The average Bonchev–Trinajstić information content (AvgIpc) is 3.14. The fourth-order valence-corrected chi connectivity index (χ4v) is 2.27. The average molecular weight is 224 g/mol. The van der Waals surface area contributed by atoms with E-state index in [1.807, 2.05) is 0 Å². The molecule has 0 amide bonds. The highest BCUT2D eigenvalue weighted by Crippen LogP contribution is 2.29. The van der Waals surface area contributed by atoms with Crippen molar-refractivity contribution in [2.75, 3.05) is 26.2 Å². The van der Waals surface area contributed by atoms with Crippen LogP contribution in [-0.4, -0.2) is 37.1 Å². The van der Waals surface area contributed by atoms with Crippen LogP contribution in [0.1, 0.15) is 51.9 Å². The van der Waals surface area contributed by atoms with Crippen LogP contribution in [0.4, 0.5) is 0 Å². The second-order valence-electron chi connectivity index (χ2n) is 5.63. The van der Waals surface area contributed by atoms with E-state index in [9.17, 15) is 0 Å². The molecule has 0 radical (unpaired) electrons. The molecule has 0 unspecified atom stereocenters. The first kappa shape index (κ1) is 12.4. The monoisotopic (exact) mass is 224 g/mol. The second kappa shape index (κ2) is 6.61. The molecule has 0 saturated heterocycles. The van der Waals surface area contributed by atoms with Gasteiger partial charge in [0.1, 0.15) is 0 Å². The van der Waals surface area contributed by atoms with E-state index in [1.54, 1.807) is 0 Å². The molecule has 0 aliphatic heterocycles. The lowest BCUT2D eigenvalue weighted by Gasteiger charge is -2.19. The zero-order valence-corrected chi connectivity index (χ0v) is 10.9. The van der Waals surface area contributed by atoms with Crippen molar-refractivity contribution in [1.29, 1.82) is 0 Å². The number of nitrogens with one attached hydrogen (secondary N) is 1. The van der Waals surface area contributed by atoms with Crippen LogP contribution in [0, 0.1) is 5.92 Å². The van der Waals surface area contributed by atoms with Gasteiger partial charge in [0, 0.05) is 12.6 Å². The maximum absolute atomic E-state index is 3.59. The van der Waals surface area contributed by atoms with Crippen molar-refractivity contribution in [2.45, 2.75) is 57.9 Å². The van der Waals surface area contributed by atoms with E-state index in [2.05, 4.69) is 17.1 Å². The molecular formula is C14H28N2. The molecule has 2 nitrogen and oxygen atoms in total. The fourth-order valence-electron chi connectivity index (χ4n) is 2.27. The molecule has 2 rings (SSSR count). The van der Waals surface area contributed by atoms with E-state index in [1.165, 1.54) is 71.1 Å². The van der Waals surface area contributed by atoms with Crippen LogP contribution in [-0.2, 0) is 0 Å². The quantitative estimate of drug-likeness (QED) is 0.574. The van der Waals surface area contributed by atoms with Gasteiger partial charge in [-0.05, 0) is 64.1 Å². The predicted molar refractivity (Wildman–Crippen MR) is 69.7 cm³/mol. The largest absolute Gasteiger partial charge is 0.314 e. The summed E-state index contributed by atoms with van der Waals surface area (Å²) in [7, 11) is 0. The molecule has 1 N–H and O–H groups in total. The van der Waals surface area contributed by atoms with Crippen LogP contribution >= 0.6 is 0 Å². The highest BCUT2D eigenvalue weighted by molar-refractivity contribution is 4.80. The molecule has 0 aromatic carbocycles. The Morgan fingerprint density at radius 2 is 1.88 bits per heavy atom. The lowest BCUT2D eigenvalue weighted by Crippen LogP contribution is -2.27. The second-order valence-corrected chi connectivity index (χ2v) is 5.63. The third-order valence-corrected chi connectivity index (χ3v) is 3.82. The molecule has 0 aromatic heterocycles. The third-order valence-electron chi connectivity index (χ3n) is 3.82. The Kier molecular flexibility index (Phi) is 5.11. The van der Waals surface area contributed by atoms with E-state index in [-0.39, 0.29) is 0 Å². The van der Waals surface area contributed by atoms with Crippen LogP contribution < -0.4 is 5.32 Å². The molecule has 2 fully saturated rings. The Morgan fingerprint density at radius 3 is 2.50 bits per heavy atom. The van der Waals surface area contributed by atoms with Crippen molar-refractivity contribution < 1.29 is 0 Å². The van der Waals surface area contributed by atoms with Gasteiger partial charge in [0.05, 0.1) is 0 Å². The number of hydrogen-bond acceptors (Lipinski definition) is 2. The Morgan fingerprint density at radius 1 is 1.06 bits per heavy atom. The maximum atomic E-state index is 3.59. The summed E-state index contributed by atoms with van der Waals surface area (Å²) in [5, 5.41) is 3.59. The minimum atomic E-state index is 0.891. The van der Waals surface area contributed by atoms with Gasteiger partial charge in [-0.25, -0.2) is 0 Å². The molecule has 0 bridgehead atoms. The Bertz CT molecular complexity index is 185. The summed E-state index contributed by atoms with van der Waals surface area (Å²) >= 11 is 0. The number of nitrogens with zero attached hydrogens (tertiary/aromatic N) is 1. The van der Waals surface area contributed by atoms with E-state index in [4.69, 9.17) is 0 Å². The van der Waals surface area contributed by atoms with Crippen LogP contribution in [0.25, 0.3) is 0 Å². The molecule has 2 heteroatoms. The Labute approximate surface area is 101 Å². The van der Waals surface area contributed by atoms with Crippen molar-refractivity contribution in [2.24, 2.45) is 5.92 Å². The topological polar surface area (TPSA) is 15.3 Å². The van der Waals surface area contributed by atoms with Gasteiger partial charge in [-0.1, -0.05) is 13.3 Å². The lowest BCUT2D eigenvalue weighted by atomic mass is 10.2. The SMILES string of the molecule is CCN(CCCCCNC1CC1)CC1CC1. The summed E-state index contributed by atoms with van der Waals surface area (Å²) in [5.41, 5.74) is 0. The van der Waals surface area contributed by atoms with E-state index in [0.717, 1.165) is 12.0 Å². The minimum Gasteiger partial charge on any atom is -0.314 e. The highest BCUT2D eigenvalue weighted by atomic mass is 15.1. The van der Waals surface area contributed by atoms with Crippen LogP contribution in [0.5, 0.6) is 0 Å². The van der Waals surface area contributed by atoms with Crippen molar-refractivity contribution in [3.63, 3.8) is 0 Å². The van der Waals surface area contributed by atoms with Gasteiger partial charge in [-0.2, -0.15) is 0 Å². The van der Waals surface area contributed by atoms with E-state index >= 15 is 0 Å². The lowest BCUT2D eigenvalue weighted by molar-refractivity contribution is 0.270. The molecule has 2 saturated carbocycles. The molecule has 0 spiro atoms. The molecule has 0 aromatic rings. The van der Waals surface area contributed by atoms with Crippen LogP contribution in [0.15, 0.2) is 0 Å². The van der Waals surface area contributed by atoms with Gasteiger partial charge in [-0.3, -0.25) is 0 Å². The minimum absolute atomic E-state index is 0.891. The zero-order chi connectivity index (χ0) is 11.2. The van der Waals surface area contributed by atoms with Gasteiger partial charge in [0.15, 0.2) is 0 Å². The van der Waals surface area contributed by atoms with Gasteiger partial charge in [-0.15, -0.1) is 0 Å². The van der Waals surface area contributed by atoms with Crippen molar-refractivity contribution in [1.82, 2.24) is 10.2 Å². The molecular weight excluding hydrogens is 196 g/mol. The summed E-state index contributed by atoms with van der Waals surface area (Å²) < 4.78 is 0. The van der Waals surface area contributed by atoms with Gasteiger partial charge in [0.2, 0.25) is 0 Å². The van der Waals surface area contributed by atoms with Gasteiger partial charge in [0.25, 0.3) is 0 Å². The summed E-state index contributed by atoms with van der Waals surface area (Å²) in [4.78, 5) is 2.64. The Hall–Kier alpha value is -0.0800. The molecule has 2 aliphatic rings. The summed E-state index contributed by atoms with van der Waals surface area (Å²) in [6.07, 6.45) is 9.99. The van der Waals surface area contributed by atoms with Crippen LogP contribution in [0.3, 0.4) is 0 Å². The summed E-state index contributed by atoms with van der Waals surface area (Å²) in [6, 6.07) is 0.891. The number of hydrogen-bond donors (Lipinski definition) is 1. The molecule has 16 heavy (non-hydrogen) atoms. The first-order chi connectivity index (χ1) is 7.88. The number of unbranched alkanes of at least 4 members (excludes halogenated alkanes) is 2. The first-order valence-electron chi connectivity index (χ1n) is 7.34. The third kappa shape index (κ3) is 5.31. The maximum Gasteiger partial charge on any atom is 0.00682 e. The molecule has 0 atom stereocenters. The molecule has 2 aliphatic carbocycles. The van der Waals surface area contributed by atoms with Crippen molar-refractivity contribution >= 4 is 0 Å². The van der Waals surface area contributed by atoms with Crippen LogP contribution in [0.2, 0.25) is 0 Å². The zero-order valence-electron chi connectivity index (χ0n) is 10.9. The summed E-state index contributed by atoms with van der Waals surface area (Å²) in [5.74, 6) is 1.05. The first-order valence-corrected chi connectivity index (χ1v) is 7.34. The smallest absolute Gasteiger partial charge is 0.00682 e. The molecule has 94 valence electrons.